The quantitative estimate of drug-likeness (QED) is 0.790. The third-order valence-electron chi connectivity index (χ3n) is 4.09. The molecular weight excluding hydrogens is 298 g/mol. The number of pyridine rings is 2. The van der Waals surface area contributed by atoms with Gasteiger partial charge in [0.05, 0.1) is 5.02 Å². The first-order chi connectivity index (χ1) is 10.8. The second-order valence-corrected chi connectivity index (χ2v) is 5.96. The summed E-state index contributed by atoms with van der Waals surface area (Å²) in [4.78, 5) is 13.5. The second kappa shape index (κ2) is 5.66. The fraction of sp³-hybridized carbons (Fsp3) is 0.312. The van der Waals surface area contributed by atoms with Gasteiger partial charge in [-0.15, -0.1) is 0 Å². The van der Waals surface area contributed by atoms with Crippen molar-refractivity contribution in [3.05, 3.63) is 41.8 Å². The van der Waals surface area contributed by atoms with Crippen LogP contribution in [0.3, 0.4) is 0 Å². The van der Waals surface area contributed by atoms with E-state index in [0.29, 0.717) is 11.1 Å². The molecule has 0 amide bonds. The minimum atomic E-state index is 0.398. The number of nitrogens with zero attached hydrogens (tertiary/aromatic N) is 4. The van der Waals surface area contributed by atoms with Gasteiger partial charge in [-0.25, -0.2) is 9.97 Å². The molecule has 5 nitrogen and oxygen atoms in total. The van der Waals surface area contributed by atoms with Gasteiger partial charge >= 0.3 is 0 Å². The molecule has 0 spiro atoms. The Morgan fingerprint density at radius 2 is 2.09 bits per heavy atom. The van der Waals surface area contributed by atoms with Crippen molar-refractivity contribution < 1.29 is 0 Å². The van der Waals surface area contributed by atoms with Crippen LogP contribution in [0.5, 0.6) is 0 Å². The third-order valence-corrected chi connectivity index (χ3v) is 4.30. The van der Waals surface area contributed by atoms with E-state index in [9.17, 15) is 0 Å². The highest BCUT2D eigenvalue weighted by atomic mass is 35.5. The molecule has 0 aliphatic carbocycles. The molecule has 1 saturated heterocycles. The van der Waals surface area contributed by atoms with Crippen molar-refractivity contribution in [2.45, 2.75) is 18.9 Å². The number of imidazole rings is 1. The van der Waals surface area contributed by atoms with Gasteiger partial charge in [0.1, 0.15) is 11.3 Å². The molecule has 0 saturated carbocycles. The fourth-order valence-electron chi connectivity index (χ4n) is 3.07. The molecule has 3 aromatic rings. The average Bonchev–Trinajstić information content (AvgIpc) is 2.95. The predicted octanol–water partition coefficient (Wildman–Crippen LogP) is 3.07. The highest BCUT2D eigenvalue weighted by Gasteiger charge is 2.23. The molecule has 0 bridgehead atoms. The molecule has 3 aromatic heterocycles. The zero-order chi connectivity index (χ0) is 14.9. The third kappa shape index (κ3) is 2.36. The summed E-state index contributed by atoms with van der Waals surface area (Å²) in [5.41, 5.74) is 2.75. The van der Waals surface area contributed by atoms with E-state index in [2.05, 4.69) is 19.9 Å². The maximum absolute atomic E-state index is 6.08. The Labute approximate surface area is 133 Å². The number of piperidine rings is 1. The number of fused-ring (bicyclic) bond motifs is 1. The van der Waals surface area contributed by atoms with E-state index in [1.165, 1.54) is 0 Å². The van der Waals surface area contributed by atoms with Crippen molar-refractivity contribution in [2.75, 3.05) is 13.1 Å². The number of nitrogens with one attached hydrogen (secondary N) is 1. The van der Waals surface area contributed by atoms with Gasteiger partial charge in [-0.05, 0) is 44.1 Å². The lowest BCUT2D eigenvalue weighted by Gasteiger charge is -2.25. The maximum Gasteiger partial charge on any atom is 0.160 e. The van der Waals surface area contributed by atoms with Gasteiger partial charge < -0.3 is 9.88 Å². The van der Waals surface area contributed by atoms with Gasteiger partial charge in [-0.1, -0.05) is 11.6 Å². The number of aromatic nitrogens is 4. The van der Waals surface area contributed by atoms with Crippen molar-refractivity contribution in [3.63, 3.8) is 0 Å². The molecule has 22 heavy (non-hydrogen) atoms. The van der Waals surface area contributed by atoms with Crippen molar-refractivity contribution >= 4 is 22.8 Å². The standard InChI is InChI=1S/C16H16ClN5/c17-12-8-14-16(20-10-12)22(13-3-6-18-7-4-13)15(21-14)11-2-1-5-19-9-11/h1-2,5,8-10,13,18H,3-4,6-7H2. The first-order valence-electron chi connectivity index (χ1n) is 7.47. The van der Waals surface area contributed by atoms with E-state index in [4.69, 9.17) is 16.6 Å². The van der Waals surface area contributed by atoms with E-state index in [-0.39, 0.29) is 0 Å². The van der Waals surface area contributed by atoms with Crippen LogP contribution in [0.2, 0.25) is 5.02 Å². The molecule has 0 aromatic carbocycles. The SMILES string of the molecule is Clc1cnc2c(c1)nc(-c1cccnc1)n2C1CCNCC1. The van der Waals surface area contributed by atoms with E-state index in [1.54, 1.807) is 12.4 Å². The van der Waals surface area contributed by atoms with Gasteiger partial charge in [0.25, 0.3) is 0 Å². The Morgan fingerprint density at radius 3 is 2.86 bits per heavy atom. The Hall–Kier alpha value is -1.98. The van der Waals surface area contributed by atoms with Crippen LogP contribution in [0.15, 0.2) is 36.8 Å². The zero-order valence-corrected chi connectivity index (χ0v) is 12.8. The molecule has 0 atom stereocenters. The topological polar surface area (TPSA) is 55.6 Å². The van der Waals surface area contributed by atoms with Crippen LogP contribution in [0.4, 0.5) is 0 Å². The zero-order valence-electron chi connectivity index (χ0n) is 12.0. The molecule has 6 heteroatoms. The lowest BCUT2D eigenvalue weighted by atomic mass is 10.1. The number of hydrogen-bond donors (Lipinski definition) is 1. The van der Waals surface area contributed by atoms with E-state index in [1.807, 2.05) is 24.4 Å². The molecular formula is C16H16ClN5. The molecule has 1 fully saturated rings. The lowest BCUT2D eigenvalue weighted by Crippen LogP contribution is -2.29. The average molecular weight is 314 g/mol. The number of hydrogen-bond acceptors (Lipinski definition) is 4. The van der Waals surface area contributed by atoms with Crippen molar-refractivity contribution in [1.82, 2.24) is 24.8 Å². The van der Waals surface area contributed by atoms with Crippen LogP contribution in [0.25, 0.3) is 22.6 Å². The Balaban J connectivity index is 1.93. The van der Waals surface area contributed by atoms with Gasteiger partial charge in [0.15, 0.2) is 5.65 Å². The van der Waals surface area contributed by atoms with E-state index >= 15 is 0 Å². The van der Waals surface area contributed by atoms with Gasteiger partial charge in [-0.3, -0.25) is 4.98 Å². The summed E-state index contributed by atoms with van der Waals surface area (Å²) < 4.78 is 2.25. The molecule has 1 aliphatic heterocycles. The first-order valence-corrected chi connectivity index (χ1v) is 7.85. The van der Waals surface area contributed by atoms with Crippen LogP contribution in [0, 0.1) is 0 Å². The Bertz CT molecular complexity index is 793. The van der Waals surface area contributed by atoms with Crippen molar-refractivity contribution in [3.8, 4) is 11.4 Å². The highest BCUT2D eigenvalue weighted by Crippen LogP contribution is 2.31. The second-order valence-electron chi connectivity index (χ2n) is 5.52. The van der Waals surface area contributed by atoms with Gasteiger partial charge in [0.2, 0.25) is 0 Å². The minimum absolute atomic E-state index is 0.398. The fourth-order valence-corrected chi connectivity index (χ4v) is 3.22. The normalized spacial score (nSPS) is 16.2. The Morgan fingerprint density at radius 1 is 1.23 bits per heavy atom. The summed E-state index contributed by atoms with van der Waals surface area (Å²) in [5.74, 6) is 0.921. The lowest BCUT2D eigenvalue weighted by molar-refractivity contribution is 0.376. The molecule has 1 N–H and O–H groups in total. The van der Waals surface area contributed by atoms with Crippen LogP contribution >= 0.6 is 11.6 Å². The summed E-state index contributed by atoms with van der Waals surface area (Å²) in [5, 5.41) is 4.02. The smallest absolute Gasteiger partial charge is 0.160 e. The predicted molar refractivity (Wildman–Crippen MR) is 86.9 cm³/mol. The van der Waals surface area contributed by atoms with E-state index < -0.39 is 0 Å². The first kappa shape index (κ1) is 13.7. The summed E-state index contributed by atoms with van der Waals surface area (Å²) in [6.45, 7) is 2.04. The van der Waals surface area contributed by atoms with Crippen LogP contribution in [-0.4, -0.2) is 32.6 Å². The molecule has 0 radical (unpaired) electrons. The number of rotatable bonds is 2. The summed E-state index contributed by atoms with van der Waals surface area (Å²) in [6.07, 6.45) is 7.46. The van der Waals surface area contributed by atoms with Gasteiger partial charge in [0, 0.05) is 30.2 Å². The van der Waals surface area contributed by atoms with Gasteiger partial charge in [-0.2, -0.15) is 0 Å². The molecule has 1 aliphatic rings. The Kier molecular flexibility index (Phi) is 3.52. The van der Waals surface area contributed by atoms with Crippen LogP contribution in [-0.2, 0) is 0 Å². The summed E-state index contributed by atoms with van der Waals surface area (Å²) in [7, 11) is 0. The molecule has 4 rings (SSSR count). The van der Waals surface area contributed by atoms with Crippen LogP contribution in [0.1, 0.15) is 18.9 Å². The molecule has 112 valence electrons. The monoisotopic (exact) mass is 313 g/mol. The number of halogens is 1. The highest BCUT2D eigenvalue weighted by molar-refractivity contribution is 6.31. The van der Waals surface area contributed by atoms with Crippen LogP contribution < -0.4 is 5.32 Å². The van der Waals surface area contributed by atoms with E-state index in [0.717, 1.165) is 48.5 Å². The maximum atomic E-state index is 6.08. The van der Waals surface area contributed by atoms with Crippen molar-refractivity contribution in [1.29, 1.82) is 0 Å². The minimum Gasteiger partial charge on any atom is -0.317 e. The van der Waals surface area contributed by atoms with Crippen molar-refractivity contribution in [2.24, 2.45) is 0 Å². The summed E-state index contributed by atoms with van der Waals surface area (Å²) >= 11 is 6.08. The molecule has 0 unspecified atom stereocenters. The molecule has 4 heterocycles. The largest absolute Gasteiger partial charge is 0.317 e. The summed E-state index contributed by atoms with van der Waals surface area (Å²) in [6, 6.07) is 6.24.